The first kappa shape index (κ1) is 15.2. The first-order valence-electron chi connectivity index (χ1n) is 6.76. The highest BCUT2D eigenvalue weighted by Crippen LogP contribution is 2.25. The summed E-state index contributed by atoms with van der Waals surface area (Å²) < 4.78 is 6.96. The molecule has 1 heterocycles. The Bertz CT molecular complexity index is 519. The van der Waals surface area contributed by atoms with E-state index in [9.17, 15) is 0 Å². The van der Waals surface area contributed by atoms with Gasteiger partial charge in [0, 0.05) is 30.0 Å². The Hall–Kier alpha value is -1.23. The van der Waals surface area contributed by atoms with Crippen molar-refractivity contribution in [1.82, 2.24) is 4.98 Å². The van der Waals surface area contributed by atoms with E-state index in [4.69, 9.17) is 10.5 Å². The Morgan fingerprint density at radius 3 is 2.60 bits per heavy atom. The van der Waals surface area contributed by atoms with Gasteiger partial charge in [-0.1, -0.05) is 34.1 Å². The van der Waals surface area contributed by atoms with E-state index in [-0.39, 0.29) is 6.10 Å². The average molecular weight is 335 g/mol. The molecular formula is C16H19BrN2O. The second kappa shape index (κ2) is 8.15. The summed E-state index contributed by atoms with van der Waals surface area (Å²) in [6.45, 7) is 1.18. The number of hydrogen-bond donors (Lipinski definition) is 1. The molecule has 0 radical (unpaired) electrons. The van der Waals surface area contributed by atoms with Crippen LogP contribution in [0, 0.1) is 0 Å². The fraction of sp³-hybridized carbons (Fsp3) is 0.312. The van der Waals surface area contributed by atoms with Crippen molar-refractivity contribution in [3.8, 4) is 0 Å². The molecule has 1 aromatic heterocycles. The zero-order chi connectivity index (χ0) is 14.2. The van der Waals surface area contributed by atoms with Crippen LogP contribution in [0.1, 0.15) is 23.7 Å². The topological polar surface area (TPSA) is 48.1 Å². The molecule has 0 saturated carbocycles. The van der Waals surface area contributed by atoms with Crippen LogP contribution in [0.25, 0.3) is 0 Å². The van der Waals surface area contributed by atoms with Crippen LogP contribution >= 0.6 is 15.9 Å². The third kappa shape index (κ3) is 4.40. The molecule has 0 bridgehead atoms. The summed E-state index contributed by atoms with van der Waals surface area (Å²) in [5.74, 6) is 0. The van der Waals surface area contributed by atoms with Gasteiger partial charge in [-0.3, -0.25) is 4.98 Å². The highest BCUT2D eigenvalue weighted by atomic mass is 79.9. The van der Waals surface area contributed by atoms with E-state index in [1.165, 1.54) is 5.56 Å². The van der Waals surface area contributed by atoms with E-state index >= 15 is 0 Å². The van der Waals surface area contributed by atoms with Crippen molar-refractivity contribution in [3.05, 3.63) is 64.4 Å². The summed E-state index contributed by atoms with van der Waals surface area (Å²) in [7, 11) is 0. The van der Waals surface area contributed by atoms with E-state index in [1.54, 1.807) is 0 Å². The smallest absolute Gasteiger partial charge is 0.0957 e. The molecule has 1 atom stereocenters. The largest absolute Gasteiger partial charge is 0.372 e. The molecule has 0 aliphatic heterocycles. The molecule has 0 saturated heterocycles. The first-order chi connectivity index (χ1) is 9.81. The molecular weight excluding hydrogens is 316 g/mol. The van der Waals surface area contributed by atoms with Gasteiger partial charge in [-0.25, -0.2) is 0 Å². The highest BCUT2D eigenvalue weighted by molar-refractivity contribution is 9.10. The minimum Gasteiger partial charge on any atom is -0.372 e. The quantitative estimate of drug-likeness (QED) is 0.788. The Morgan fingerprint density at radius 1 is 1.15 bits per heavy atom. The van der Waals surface area contributed by atoms with Gasteiger partial charge in [0.15, 0.2) is 0 Å². The van der Waals surface area contributed by atoms with Crippen LogP contribution in [0.5, 0.6) is 0 Å². The Balaban J connectivity index is 1.81. The number of nitrogens with zero attached hydrogens (tertiary/aromatic N) is 1. The number of aromatic nitrogens is 1. The molecule has 3 nitrogen and oxygen atoms in total. The van der Waals surface area contributed by atoms with E-state index in [2.05, 4.69) is 20.9 Å². The molecule has 0 amide bonds. The van der Waals surface area contributed by atoms with Gasteiger partial charge in [0.1, 0.15) is 0 Å². The Labute approximate surface area is 128 Å². The predicted molar refractivity (Wildman–Crippen MR) is 84.4 cm³/mol. The maximum absolute atomic E-state index is 5.91. The van der Waals surface area contributed by atoms with Crippen molar-refractivity contribution in [2.75, 3.05) is 13.2 Å². The number of hydrogen-bond acceptors (Lipinski definition) is 3. The van der Waals surface area contributed by atoms with Crippen molar-refractivity contribution < 1.29 is 4.74 Å². The predicted octanol–water partition coefficient (Wildman–Crippen LogP) is 3.49. The van der Waals surface area contributed by atoms with Gasteiger partial charge in [0.2, 0.25) is 0 Å². The summed E-state index contributed by atoms with van der Waals surface area (Å²) in [5, 5.41) is 0. The number of rotatable bonds is 7. The minimum absolute atomic E-state index is 0.0528. The molecule has 0 aliphatic carbocycles. The number of ether oxygens (including phenoxy) is 1. The molecule has 0 fully saturated rings. The van der Waals surface area contributed by atoms with E-state index in [0.717, 1.165) is 22.9 Å². The number of nitrogens with two attached hydrogens (primary N) is 1. The summed E-state index contributed by atoms with van der Waals surface area (Å²) in [4.78, 5) is 4.01. The molecule has 4 heteroatoms. The van der Waals surface area contributed by atoms with E-state index in [0.29, 0.717) is 13.2 Å². The molecule has 2 rings (SSSR count). The van der Waals surface area contributed by atoms with Crippen LogP contribution in [0.2, 0.25) is 0 Å². The van der Waals surface area contributed by atoms with Gasteiger partial charge < -0.3 is 10.5 Å². The summed E-state index contributed by atoms with van der Waals surface area (Å²) in [6.07, 6.45) is 5.56. The second-order valence-corrected chi connectivity index (χ2v) is 5.43. The molecule has 106 valence electrons. The number of benzene rings is 1. The van der Waals surface area contributed by atoms with E-state index in [1.807, 2.05) is 48.8 Å². The standard InChI is InChI=1S/C16H19BrN2O/c17-15-6-2-1-5-14(15)16(12-18)20-11-3-4-13-7-9-19-10-8-13/h1-2,5-10,16H,3-4,11-12,18H2. The van der Waals surface area contributed by atoms with Crippen molar-refractivity contribution in [1.29, 1.82) is 0 Å². The van der Waals surface area contributed by atoms with Crippen LogP contribution in [0.3, 0.4) is 0 Å². The molecule has 2 aromatic rings. The SMILES string of the molecule is NCC(OCCCc1ccncc1)c1ccccc1Br. The van der Waals surface area contributed by atoms with Gasteiger partial charge in [-0.15, -0.1) is 0 Å². The summed E-state index contributed by atoms with van der Waals surface area (Å²) in [6, 6.07) is 12.1. The van der Waals surface area contributed by atoms with Crippen LogP contribution in [-0.2, 0) is 11.2 Å². The van der Waals surface area contributed by atoms with Crippen molar-refractivity contribution >= 4 is 15.9 Å². The maximum Gasteiger partial charge on any atom is 0.0957 e. The van der Waals surface area contributed by atoms with Gasteiger partial charge in [-0.05, 0) is 42.2 Å². The summed E-state index contributed by atoms with van der Waals surface area (Å²) >= 11 is 3.54. The first-order valence-corrected chi connectivity index (χ1v) is 7.55. The third-order valence-corrected chi connectivity index (χ3v) is 3.87. The molecule has 2 N–H and O–H groups in total. The van der Waals surface area contributed by atoms with Gasteiger partial charge >= 0.3 is 0 Å². The monoisotopic (exact) mass is 334 g/mol. The number of halogens is 1. The summed E-state index contributed by atoms with van der Waals surface area (Å²) in [5.41, 5.74) is 8.21. The van der Waals surface area contributed by atoms with Gasteiger partial charge in [0.05, 0.1) is 6.10 Å². The van der Waals surface area contributed by atoms with Crippen LogP contribution in [0.4, 0.5) is 0 Å². The zero-order valence-corrected chi connectivity index (χ0v) is 12.9. The average Bonchev–Trinajstić information content (AvgIpc) is 2.50. The zero-order valence-electron chi connectivity index (χ0n) is 11.3. The number of pyridine rings is 1. The molecule has 0 aliphatic rings. The van der Waals surface area contributed by atoms with Crippen LogP contribution in [-0.4, -0.2) is 18.1 Å². The lowest BCUT2D eigenvalue weighted by atomic mass is 10.1. The maximum atomic E-state index is 5.91. The Morgan fingerprint density at radius 2 is 1.90 bits per heavy atom. The number of aryl methyl sites for hydroxylation is 1. The van der Waals surface area contributed by atoms with Gasteiger partial charge in [0.25, 0.3) is 0 Å². The fourth-order valence-corrected chi connectivity index (χ4v) is 2.61. The fourth-order valence-electron chi connectivity index (χ4n) is 2.07. The molecule has 1 aromatic carbocycles. The molecule has 0 spiro atoms. The second-order valence-electron chi connectivity index (χ2n) is 4.58. The van der Waals surface area contributed by atoms with Crippen molar-refractivity contribution in [2.45, 2.75) is 18.9 Å². The minimum atomic E-state index is -0.0528. The highest BCUT2D eigenvalue weighted by Gasteiger charge is 2.12. The van der Waals surface area contributed by atoms with E-state index < -0.39 is 0 Å². The third-order valence-electron chi connectivity index (χ3n) is 3.14. The normalized spacial score (nSPS) is 12.3. The molecule has 1 unspecified atom stereocenters. The van der Waals surface area contributed by atoms with Crippen LogP contribution in [0.15, 0.2) is 53.3 Å². The lowest BCUT2D eigenvalue weighted by Crippen LogP contribution is -2.17. The van der Waals surface area contributed by atoms with Crippen LogP contribution < -0.4 is 5.73 Å². The van der Waals surface area contributed by atoms with Gasteiger partial charge in [-0.2, -0.15) is 0 Å². The lowest BCUT2D eigenvalue weighted by Gasteiger charge is -2.17. The molecule has 20 heavy (non-hydrogen) atoms. The lowest BCUT2D eigenvalue weighted by molar-refractivity contribution is 0.0566. The van der Waals surface area contributed by atoms with Crippen molar-refractivity contribution in [2.24, 2.45) is 5.73 Å². The Kier molecular flexibility index (Phi) is 6.18. The van der Waals surface area contributed by atoms with Crippen molar-refractivity contribution in [3.63, 3.8) is 0 Å².